The molecule has 1 nitrogen and oxygen atoms in total. The van der Waals surface area contributed by atoms with Gasteiger partial charge in [-0.05, 0) is 17.7 Å². The first kappa shape index (κ1) is 7.72. The SMILES string of the molecule is CC(S)C(=O)SS. The molecule has 1 atom stereocenters. The van der Waals surface area contributed by atoms with Gasteiger partial charge < -0.3 is 0 Å². The van der Waals surface area contributed by atoms with E-state index in [-0.39, 0.29) is 10.4 Å². The third kappa shape index (κ3) is 3.32. The van der Waals surface area contributed by atoms with E-state index in [0.29, 0.717) is 0 Å². The van der Waals surface area contributed by atoms with Crippen molar-refractivity contribution in [2.45, 2.75) is 12.2 Å². The maximum atomic E-state index is 10.3. The Morgan fingerprint density at radius 2 is 2.29 bits per heavy atom. The minimum Gasteiger partial charge on any atom is -0.285 e. The maximum Gasteiger partial charge on any atom is 0.211 e. The van der Waals surface area contributed by atoms with Gasteiger partial charge in [0.2, 0.25) is 5.12 Å². The van der Waals surface area contributed by atoms with Crippen LogP contribution in [0.25, 0.3) is 0 Å². The fourth-order valence-electron chi connectivity index (χ4n) is 0.0763. The van der Waals surface area contributed by atoms with Crippen LogP contribution in [0.5, 0.6) is 0 Å². The number of carbonyl (C=O) groups excluding carboxylic acids is 1. The van der Waals surface area contributed by atoms with Gasteiger partial charge in [-0.3, -0.25) is 4.79 Å². The average molecular weight is 154 g/mol. The molecule has 0 saturated heterocycles. The van der Waals surface area contributed by atoms with Crippen molar-refractivity contribution in [2.24, 2.45) is 0 Å². The molecule has 0 bridgehead atoms. The normalized spacial score (nSPS) is 13.6. The molecule has 42 valence electrons. The predicted molar refractivity (Wildman–Crippen MR) is 40.0 cm³/mol. The molecule has 0 spiro atoms. The average Bonchev–Trinajstić information content (AvgIpc) is 1.65. The molecule has 0 aromatic rings. The third-order valence-corrected chi connectivity index (χ3v) is 1.91. The summed E-state index contributed by atoms with van der Waals surface area (Å²) >= 11 is 7.53. The molecular weight excluding hydrogens is 148 g/mol. The number of carbonyl (C=O) groups is 1. The highest BCUT2D eigenvalue weighted by molar-refractivity contribution is 8.75. The Hall–Kier alpha value is 0.720. The first-order chi connectivity index (χ1) is 3.18. The molecule has 0 aromatic heterocycles. The Morgan fingerprint density at radius 1 is 1.86 bits per heavy atom. The summed E-state index contributed by atoms with van der Waals surface area (Å²) in [6.07, 6.45) is 0. The predicted octanol–water partition coefficient (Wildman–Crippen LogP) is 1.41. The lowest BCUT2D eigenvalue weighted by Crippen LogP contribution is -2.01. The van der Waals surface area contributed by atoms with Crippen molar-refractivity contribution in [1.29, 1.82) is 0 Å². The molecule has 0 aliphatic heterocycles. The molecular formula is C3H6OS3. The molecule has 7 heavy (non-hydrogen) atoms. The van der Waals surface area contributed by atoms with Crippen molar-refractivity contribution in [3.63, 3.8) is 0 Å². The molecule has 0 rings (SSSR count). The summed E-state index contributed by atoms with van der Waals surface area (Å²) in [5.74, 6) is 0. The lowest BCUT2D eigenvalue weighted by Gasteiger charge is -1.93. The van der Waals surface area contributed by atoms with Gasteiger partial charge in [0, 0.05) is 0 Å². The van der Waals surface area contributed by atoms with Crippen LogP contribution in [0.3, 0.4) is 0 Å². The standard InChI is InChI=1S/C3H6OS3/c1-2(5)3(4)7-6/h2,5-6H,1H3. The highest BCUT2D eigenvalue weighted by Crippen LogP contribution is 2.12. The second-order valence-electron chi connectivity index (χ2n) is 1.09. The van der Waals surface area contributed by atoms with Crippen LogP contribution in [-0.2, 0) is 4.79 Å². The molecule has 0 aromatic carbocycles. The molecule has 0 N–H and O–H groups in total. The summed E-state index contributed by atoms with van der Waals surface area (Å²) in [4.78, 5) is 10.3. The van der Waals surface area contributed by atoms with Crippen LogP contribution in [0.15, 0.2) is 0 Å². The largest absolute Gasteiger partial charge is 0.285 e. The lowest BCUT2D eigenvalue weighted by molar-refractivity contribution is -0.110. The highest BCUT2D eigenvalue weighted by Gasteiger charge is 2.03. The Labute approximate surface area is 57.5 Å². The van der Waals surface area contributed by atoms with Crippen molar-refractivity contribution < 1.29 is 4.79 Å². The molecule has 1 unspecified atom stereocenters. The zero-order chi connectivity index (χ0) is 5.86. The van der Waals surface area contributed by atoms with Crippen molar-refractivity contribution in [1.82, 2.24) is 0 Å². The van der Waals surface area contributed by atoms with E-state index < -0.39 is 0 Å². The van der Waals surface area contributed by atoms with Crippen molar-refractivity contribution in [3.8, 4) is 0 Å². The van der Waals surface area contributed by atoms with Gasteiger partial charge in [-0.25, -0.2) is 0 Å². The van der Waals surface area contributed by atoms with Crippen molar-refractivity contribution >= 4 is 40.2 Å². The fourth-order valence-corrected chi connectivity index (χ4v) is 1.11. The van der Waals surface area contributed by atoms with Crippen LogP contribution in [0.2, 0.25) is 0 Å². The lowest BCUT2D eigenvalue weighted by atomic mass is 10.5. The summed E-state index contributed by atoms with van der Waals surface area (Å²) in [6.45, 7) is 1.72. The van der Waals surface area contributed by atoms with Gasteiger partial charge in [0.05, 0.1) is 5.25 Å². The summed E-state index contributed by atoms with van der Waals surface area (Å²) in [6, 6.07) is 0. The second-order valence-corrected chi connectivity index (χ2v) is 2.99. The Bertz CT molecular complexity index is 70.6. The number of rotatable bonds is 1. The van der Waals surface area contributed by atoms with Crippen molar-refractivity contribution in [2.75, 3.05) is 0 Å². The van der Waals surface area contributed by atoms with Crippen LogP contribution in [-0.4, -0.2) is 10.4 Å². The van der Waals surface area contributed by atoms with Gasteiger partial charge in [-0.15, -0.1) is 11.7 Å². The van der Waals surface area contributed by atoms with Crippen LogP contribution in [0, 0.1) is 0 Å². The number of hydrogen-bond donors (Lipinski definition) is 2. The van der Waals surface area contributed by atoms with E-state index in [4.69, 9.17) is 0 Å². The van der Waals surface area contributed by atoms with E-state index in [1.807, 2.05) is 0 Å². The van der Waals surface area contributed by atoms with E-state index in [2.05, 4.69) is 24.3 Å². The van der Waals surface area contributed by atoms with Gasteiger partial charge >= 0.3 is 0 Å². The quantitative estimate of drug-likeness (QED) is 0.439. The van der Waals surface area contributed by atoms with Gasteiger partial charge in [-0.1, -0.05) is 0 Å². The Kier molecular flexibility index (Phi) is 4.07. The zero-order valence-electron chi connectivity index (χ0n) is 3.79. The van der Waals surface area contributed by atoms with Gasteiger partial charge in [0.1, 0.15) is 0 Å². The first-order valence-corrected chi connectivity index (χ1v) is 4.10. The van der Waals surface area contributed by atoms with Gasteiger partial charge in [0.15, 0.2) is 0 Å². The van der Waals surface area contributed by atoms with E-state index in [0.717, 1.165) is 10.8 Å². The minimum absolute atomic E-state index is 0.00772. The molecule has 0 amide bonds. The van der Waals surface area contributed by atoms with Crippen molar-refractivity contribution in [3.05, 3.63) is 0 Å². The number of hydrogen-bond acceptors (Lipinski definition) is 4. The smallest absolute Gasteiger partial charge is 0.211 e. The van der Waals surface area contributed by atoms with E-state index in [9.17, 15) is 4.79 Å². The molecule has 4 heteroatoms. The molecule has 0 saturated carbocycles. The minimum atomic E-state index is -0.192. The molecule has 0 fully saturated rings. The topological polar surface area (TPSA) is 17.1 Å². The van der Waals surface area contributed by atoms with Gasteiger partial charge in [0.25, 0.3) is 0 Å². The highest BCUT2D eigenvalue weighted by atomic mass is 33.1. The summed E-state index contributed by atoms with van der Waals surface area (Å²) in [5.41, 5.74) is 0. The Morgan fingerprint density at radius 3 is 2.29 bits per heavy atom. The van der Waals surface area contributed by atoms with Gasteiger partial charge in [-0.2, -0.15) is 12.6 Å². The summed E-state index contributed by atoms with van der Waals surface area (Å²) < 4.78 is 0. The molecule has 0 heterocycles. The summed E-state index contributed by atoms with van der Waals surface area (Å²) in [7, 11) is 0.912. The molecule has 0 aliphatic rings. The van der Waals surface area contributed by atoms with Crippen LogP contribution >= 0.6 is 35.1 Å². The van der Waals surface area contributed by atoms with Crippen LogP contribution < -0.4 is 0 Å². The molecule has 0 aliphatic carbocycles. The Balaban J connectivity index is 3.35. The number of thiol groups is 2. The first-order valence-electron chi connectivity index (χ1n) is 1.72. The second kappa shape index (κ2) is 3.69. The van der Waals surface area contributed by atoms with Crippen LogP contribution in [0.4, 0.5) is 0 Å². The zero-order valence-corrected chi connectivity index (χ0v) is 6.39. The fraction of sp³-hybridized carbons (Fsp3) is 0.667. The monoisotopic (exact) mass is 154 g/mol. The molecule has 0 radical (unpaired) electrons. The third-order valence-electron chi connectivity index (χ3n) is 0.431. The van der Waals surface area contributed by atoms with Crippen LogP contribution in [0.1, 0.15) is 6.92 Å². The van der Waals surface area contributed by atoms with E-state index >= 15 is 0 Å². The van der Waals surface area contributed by atoms with E-state index in [1.54, 1.807) is 6.92 Å². The van der Waals surface area contributed by atoms with E-state index in [1.165, 1.54) is 0 Å². The summed E-state index contributed by atoms with van der Waals surface area (Å²) in [5, 5.41) is -0.200. The maximum absolute atomic E-state index is 10.3.